The van der Waals surface area contributed by atoms with E-state index in [1.165, 1.54) is 12.0 Å². The fourth-order valence-corrected chi connectivity index (χ4v) is 2.52. The van der Waals surface area contributed by atoms with E-state index in [1.54, 1.807) is 0 Å². The van der Waals surface area contributed by atoms with Gasteiger partial charge in [0.25, 0.3) is 0 Å². The number of hydrogen-bond acceptors (Lipinski definition) is 3. The van der Waals surface area contributed by atoms with E-state index >= 15 is 0 Å². The molecule has 0 aliphatic carbocycles. The van der Waals surface area contributed by atoms with Crippen LogP contribution < -0.4 is 5.32 Å². The number of aryl methyl sites for hydroxylation is 2. The molecule has 1 aromatic heterocycles. The van der Waals surface area contributed by atoms with Crippen LogP contribution >= 0.6 is 11.6 Å². The zero-order valence-corrected chi connectivity index (χ0v) is 11.5. The van der Waals surface area contributed by atoms with Gasteiger partial charge in [-0.2, -0.15) is 5.10 Å². The van der Waals surface area contributed by atoms with Crippen LogP contribution in [0.25, 0.3) is 0 Å². The highest BCUT2D eigenvalue weighted by Gasteiger charge is 2.20. The fourth-order valence-electron chi connectivity index (χ4n) is 2.40. The summed E-state index contributed by atoms with van der Waals surface area (Å²) in [6.07, 6.45) is 4.17. The standard InChI is InChI=1S/C14H17ClN4/c15-11-6-3-10(4-7-11)5-8-13-17-14(19-18-13)12-2-1-9-16-12/h3-4,6-7,12,16H,1-2,5,8-9H2,(H,17,18,19). The Morgan fingerprint density at radius 1 is 1.21 bits per heavy atom. The number of nitrogens with zero attached hydrogens (tertiary/aromatic N) is 2. The zero-order valence-electron chi connectivity index (χ0n) is 10.7. The Kier molecular flexibility index (Phi) is 3.80. The van der Waals surface area contributed by atoms with Crippen LogP contribution in [0.1, 0.15) is 36.1 Å². The number of benzene rings is 1. The number of aromatic amines is 1. The third-order valence-electron chi connectivity index (χ3n) is 3.48. The minimum absolute atomic E-state index is 0.334. The predicted molar refractivity (Wildman–Crippen MR) is 75.2 cm³/mol. The summed E-state index contributed by atoms with van der Waals surface area (Å²) in [5.41, 5.74) is 1.27. The van der Waals surface area contributed by atoms with E-state index in [-0.39, 0.29) is 0 Å². The normalized spacial score (nSPS) is 18.9. The quantitative estimate of drug-likeness (QED) is 0.903. The second kappa shape index (κ2) is 5.72. The van der Waals surface area contributed by atoms with E-state index < -0.39 is 0 Å². The van der Waals surface area contributed by atoms with Crippen LogP contribution in [-0.4, -0.2) is 21.7 Å². The van der Waals surface area contributed by atoms with Crippen LogP contribution in [0.5, 0.6) is 0 Å². The minimum atomic E-state index is 0.334. The number of nitrogens with one attached hydrogen (secondary N) is 2. The van der Waals surface area contributed by atoms with Gasteiger partial charge in [0.15, 0.2) is 5.82 Å². The van der Waals surface area contributed by atoms with Gasteiger partial charge in [-0.1, -0.05) is 23.7 Å². The Bertz CT molecular complexity index is 529. The van der Waals surface area contributed by atoms with Crippen molar-refractivity contribution in [3.8, 4) is 0 Å². The lowest BCUT2D eigenvalue weighted by molar-refractivity contribution is 0.607. The number of aromatic nitrogens is 3. The second-order valence-corrected chi connectivity index (χ2v) is 5.35. The van der Waals surface area contributed by atoms with Crippen LogP contribution in [0.2, 0.25) is 5.02 Å². The Morgan fingerprint density at radius 3 is 2.79 bits per heavy atom. The van der Waals surface area contributed by atoms with Crippen LogP contribution in [0.3, 0.4) is 0 Å². The molecule has 100 valence electrons. The maximum absolute atomic E-state index is 5.87. The van der Waals surface area contributed by atoms with E-state index in [4.69, 9.17) is 11.6 Å². The van der Waals surface area contributed by atoms with Crippen molar-refractivity contribution in [1.82, 2.24) is 20.5 Å². The van der Waals surface area contributed by atoms with E-state index in [1.807, 2.05) is 12.1 Å². The Hall–Kier alpha value is -1.39. The lowest BCUT2D eigenvalue weighted by Crippen LogP contribution is -2.14. The van der Waals surface area contributed by atoms with Gasteiger partial charge in [-0.05, 0) is 43.5 Å². The molecular weight excluding hydrogens is 260 g/mol. The largest absolute Gasteiger partial charge is 0.307 e. The summed E-state index contributed by atoms with van der Waals surface area (Å²) in [4.78, 5) is 4.57. The highest BCUT2D eigenvalue weighted by atomic mass is 35.5. The van der Waals surface area contributed by atoms with Crippen LogP contribution in [0, 0.1) is 0 Å². The van der Waals surface area contributed by atoms with Crippen molar-refractivity contribution in [3.63, 3.8) is 0 Å². The van der Waals surface area contributed by atoms with Crippen molar-refractivity contribution >= 4 is 11.6 Å². The van der Waals surface area contributed by atoms with Crippen molar-refractivity contribution in [1.29, 1.82) is 0 Å². The molecule has 3 rings (SSSR count). The van der Waals surface area contributed by atoms with Crippen LogP contribution in [0.15, 0.2) is 24.3 Å². The molecule has 0 spiro atoms. The summed E-state index contributed by atoms with van der Waals surface area (Å²) in [5, 5.41) is 11.5. The maximum atomic E-state index is 5.87. The molecule has 0 bridgehead atoms. The molecule has 1 saturated heterocycles. The van der Waals surface area contributed by atoms with Crippen molar-refractivity contribution in [2.45, 2.75) is 31.7 Å². The van der Waals surface area contributed by atoms with Gasteiger partial charge in [0.2, 0.25) is 0 Å². The minimum Gasteiger partial charge on any atom is -0.307 e. The molecule has 2 heterocycles. The number of halogens is 1. The first-order valence-electron chi connectivity index (χ1n) is 6.70. The van der Waals surface area contributed by atoms with Gasteiger partial charge in [0.05, 0.1) is 6.04 Å². The van der Waals surface area contributed by atoms with E-state index in [0.29, 0.717) is 6.04 Å². The Labute approximate surface area is 117 Å². The zero-order chi connectivity index (χ0) is 13.1. The Balaban J connectivity index is 1.59. The summed E-state index contributed by atoms with van der Waals surface area (Å²) in [6, 6.07) is 8.28. The van der Waals surface area contributed by atoms with Crippen molar-refractivity contribution < 1.29 is 0 Å². The average Bonchev–Trinajstić information content (AvgIpc) is 3.09. The summed E-state index contributed by atoms with van der Waals surface area (Å²) >= 11 is 5.87. The molecule has 1 aliphatic heterocycles. The molecule has 2 aromatic rings. The van der Waals surface area contributed by atoms with E-state index in [9.17, 15) is 0 Å². The number of rotatable bonds is 4. The first-order chi connectivity index (χ1) is 9.31. The molecule has 1 fully saturated rings. The van der Waals surface area contributed by atoms with E-state index in [2.05, 4.69) is 32.6 Å². The highest BCUT2D eigenvalue weighted by Crippen LogP contribution is 2.19. The van der Waals surface area contributed by atoms with Gasteiger partial charge in [0.1, 0.15) is 5.82 Å². The van der Waals surface area contributed by atoms with Gasteiger partial charge in [-0.15, -0.1) is 0 Å². The van der Waals surface area contributed by atoms with Gasteiger partial charge >= 0.3 is 0 Å². The summed E-state index contributed by atoms with van der Waals surface area (Å²) in [7, 11) is 0. The second-order valence-electron chi connectivity index (χ2n) is 4.92. The van der Waals surface area contributed by atoms with Gasteiger partial charge in [0, 0.05) is 11.4 Å². The van der Waals surface area contributed by atoms with Crippen molar-refractivity contribution in [2.75, 3.05) is 6.54 Å². The lowest BCUT2D eigenvalue weighted by atomic mass is 10.1. The molecule has 1 unspecified atom stereocenters. The summed E-state index contributed by atoms with van der Waals surface area (Å²) in [6.45, 7) is 1.07. The monoisotopic (exact) mass is 276 g/mol. The molecule has 2 N–H and O–H groups in total. The molecule has 1 aromatic carbocycles. The third kappa shape index (κ3) is 3.14. The summed E-state index contributed by atoms with van der Waals surface area (Å²) in [5.74, 6) is 1.86. The van der Waals surface area contributed by atoms with Crippen molar-refractivity contribution in [2.24, 2.45) is 0 Å². The highest BCUT2D eigenvalue weighted by molar-refractivity contribution is 6.30. The molecule has 0 saturated carbocycles. The SMILES string of the molecule is Clc1ccc(CCc2nc(C3CCCN3)n[nH]2)cc1. The van der Waals surface area contributed by atoms with Crippen LogP contribution in [0.4, 0.5) is 0 Å². The molecule has 1 atom stereocenters. The molecule has 1 aliphatic rings. The molecule has 0 radical (unpaired) electrons. The van der Waals surface area contributed by atoms with Crippen molar-refractivity contribution in [3.05, 3.63) is 46.5 Å². The lowest BCUT2D eigenvalue weighted by Gasteiger charge is -2.02. The first kappa shape index (κ1) is 12.6. The fraction of sp³-hybridized carbons (Fsp3) is 0.429. The third-order valence-corrected chi connectivity index (χ3v) is 3.74. The molecule has 0 amide bonds. The molecule has 19 heavy (non-hydrogen) atoms. The number of hydrogen-bond donors (Lipinski definition) is 2. The molecule has 4 nitrogen and oxygen atoms in total. The summed E-state index contributed by atoms with van der Waals surface area (Å²) < 4.78 is 0. The van der Waals surface area contributed by atoms with Crippen LogP contribution in [-0.2, 0) is 12.8 Å². The van der Waals surface area contributed by atoms with Gasteiger partial charge in [-0.25, -0.2) is 4.98 Å². The maximum Gasteiger partial charge on any atom is 0.167 e. The number of H-pyrrole nitrogens is 1. The van der Waals surface area contributed by atoms with Gasteiger partial charge < -0.3 is 5.32 Å². The Morgan fingerprint density at radius 2 is 2.05 bits per heavy atom. The molecular formula is C14H17ClN4. The predicted octanol–water partition coefficient (Wildman–Crippen LogP) is 2.67. The van der Waals surface area contributed by atoms with Gasteiger partial charge in [-0.3, -0.25) is 5.10 Å². The molecule has 5 heteroatoms. The smallest absolute Gasteiger partial charge is 0.167 e. The topological polar surface area (TPSA) is 53.6 Å². The van der Waals surface area contributed by atoms with E-state index in [0.717, 1.165) is 42.5 Å². The average molecular weight is 277 g/mol. The first-order valence-corrected chi connectivity index (χ1v) is 7.08.